The fourth-order valence-electron chi connectivity index (χ4n) is 5.13. The van der Waals surface area contributed by atoms with E-state index in [1.165, 1.54) is 11.8 Å². The smallest absolute Gasteiger partial charge is 0.255 e. The summed E-state index contributed by atoms with van der Waals surface area (Å²) in [5.74, 6) is -1.10. The van der Waals surface area contributed by atoms with Crippen molar-refractivity contribution >= 4 is 40.9 Å². The number of rotatable bonds is 6. The summed E-state index contributed by atoms with van der Waals surface area (Å²) in [6.07, 6.45) is 0.529. The maximum Gasteiger partial charge on any atom is 0.255 e. The Morgan fingerprint density at radius 3 is 2.62 bits per heavy atom. The zero-order valence-corrected chi connectivity index (χ0v) is 21.4. The maximum atomic E-state index is 13.0. The van der Waals surface area contributed by atoms with E-state index in [1.54, 1.807) is 11.0 Å². The molecule has 0 radical (unpaired) electrons. The molecule has 0 bridgehead atoms. The summed E-state index contributed by atoms with van der Waals surface area (Å²) in [7, 11) is 0. The Labute approximate surface area is 220 Å². The predicted molar refractivity (Wildman–Crippen MR) is 137 cm³/mol. The van der Waals surface area contributed by atoms with Gasteiger partial charge in [0.15, 0.2) is 0 Å². The first-order valence-corrected chi connectivity index (χ1v) is 12.8. The fraction of sp³-hybridized carbons (Fsp3) is 0.407. The first-order valence-electron chi connectivity index (χ1n) is 12.4. The molecule has 5 rings (SSSR count). The minimum Gasteiger partial charge on any atom is -0.379 e. The van der Waals surface area contributed by atoms with Crippen LogP contribution in [-0.4, -0.2) is 65.8 Å². The van der Waals surface area contributed by atoms with Gasteiger partial charge in [-0.25, -0.2) is 0 Å². The van der Waals surface area contributed by atoms with Crippen LogP contribution in [0.1, 0.15) is 46.8 Å². The number of carbonyl (C=O) groups excluding carboxylic acids is 4. The molecule has 3 aliphatic heterocycles. The number of fused-ring (bicyclic) bond motifs is 1. The first kappa shape index (κ1) is 25.4. The Balaban J connectivity index is 1.31. The molecule has 2 aromatic rings. The molecule has 10 heteroatoms. The van der Waals surface area contributed by atoms with Crippen LogP contribution < -0.4 is 10.2 Å². The molecule has 3 aliphatic rings. The zero-order valence-electron chi connectivity index (χ0n) is 20.7. The quantitative estimate of drug-likeness (QED) is 0.583. The van der Waals surface area contributed by atoms with E-state index < -0.39 is 11.9 Å². The van der Waals surface area contributed by atoms with Gasteiger partial charge >= 0.3 is 0 Å². The Hall–Kier alpha value is -3.27. The third-order valence-electron chi connectivity index (χ3n) is 7.15. The van der Waals surface area contributed by atoms with Crippen LogP contribution in [0.2, 0.25) is 5.02 Å². The lowest BCUT2D eigenvalue weighted by molar-refractivity contribution is -0.137. The second-order valence-corrected chi connectivity index (χ2v) is 10.1. The van der Waals surface area contributed by atoms with Crippen molar-refractivity contribution in [2.45, 2.75) is 45.4 Å². The highest BCUT2D eigenvalue weighted by atomic mass is 35.5. The van der Waals surface area contributed by atoms with Crippen molar-refractivity contribution in [3.63, 3.8) is 0 Å². The van der Waals surface area contributed by atoms with E-state index >= 15 is 0 Å². The molecule has 2 aromatic carbocycles. The van der Waals surface area contributed by atoms with Gasteiger partial charge in [0.25, 0.3) is 5.91 Å². The molecular weight excluding hydrogens is 496 g/mol. The SMILES string of the molecule is CC(=O)N(Cc1ccc2c(c1)CN(C1CCC(=O)NC1=O)C2=O)c1ccc(CN2CCOCC2)c(Cl)c1. The van der Waals surface area contributed by atoms with Crippen molar-refractivity contribution in [3.05, 3.63) is 63.7 Å². The number of piperidine rings is 1. The number of halogens is 1. The summed E-state index contributed by atoms with van der Waals surface area (Å²) in [5.41, 5.74) is 3.90. The number of nitrogens with zero attached hydrogens (tertiary/aromatic N) is 3. The molecule has 0 saturated carbocycles. The van der Waals surface area contributed by atoms with Crippen LogP contribution in [0.3, 0.4) is 0 Å². The van der Waals surface area contributed by atoms with Gasteiger partial charge in [0, 0.05) is 55.8 Å². The monoisotopic (exact) mass is 524 g/mol. The molecule has 194 valence electrons. The summed E-state index contributed by atoms with van der Waals surface area (Å²) in [6.45, 7) is 5.99. The van der Waals surface area contributed by atoms with Gasteiger partial charge in [0.2, 0.25) is 17.7 Å². The highest BCUT2D eigenvalue weighted by molar-refractivity contribution is 6.31. The standard InChI is InChI=1S/C27H29ClN4O5/c1-17(33)31(21-4-3-19(23(28)13-21)15-30-8-10-37-11-9-30)14-18-2-5-22-20(12-18)16-32(27(22)36)24-6-7-25(34)29-26(24)35/h2-5,12-13,24H,6-11,14-16H2,1H3,(H,29,34,35). The predicted octanol–water partition coefficient (Wildman–Crippen LogP) is 2.49. The fourth-order valence-corrected chi connectivity index (χ4v) is 5.36. The second kappa shape index (κ2) is 10.6. The molecule has 2 saturated heterocycles. The lowest BCUT2D eigenvalue weighted by atomic mass is 10.0. The summed E-state index contributed by atoms with van der Waals surface area (Å²) in [6, 6.07) is 10.5. The van der Waals surface area contributed by atoms with Crippen LogP contribution in [0.15, 0.2) is 36.4 Å². The molecule has 37 heavy (non-hydrogen) atoms. The lowest BCUT2D eigenvalue weighted by Gasteiger charge is -2.29. The van der Waals surface area contributed by atoms with E-state index in [0.717, 1.165) is 36.3 Å². The molecule has 4 amide bonds. The van der Waals surface area contributed by atoms with E-state index in [2.05, 4.69) is 10.2 Å². The number of anilines is 1. The summed E-state index contributed by atoms with van der Waals surface area (Å²) >= 11 is 6.61. The van der Waals surface area contributed by atoms with Crippen LogP contribution in [0, 0.1) is 0 Å². The van der Waals surface area contributed by atoms with Crippen molar-refractivity contribution in [1.82, 2.24) is 15.1 Å². The molecule has 3 heterocycles. The van der Waals surface area contributed by atoms with Crippen LogP contribution in [0.25, 0.3) is 0 Å². The lowest BCUT2D eigenvalue weighted by Crippen LogP contribution is -2.52. The molecule has 9 nitrogen and oxygen atoms in total. The molecule has 0 aromatic heterocycles. The number of ether oxygens (including phenoxy) is 1. The Kier molecular flexibility index (Phi) is 7.28. The van der Waals surface area contributed by atoms with Gasteiger partial charge in [-0.3, -0.25) is 29.4 Å². The minimum atomic E-state index is -0.659. The topological polar surface area (TPSA) is 99.3 Å². The van der Waals surface area contributed by atoms with E-state index in [4.69, 9.17) is 16.3 Å². The molecule has 1 unspecified atom stereocenters. The van der Waals surface area contributed by atoms with Crippen LogP contribution in [0.4, 0.5) is 5.69 Å². The molecule has 0 aliphatic carbocycles. The Bertz CT molecular complexity index is 1260. The summed E-state index contributed by atoms with van der Waals surface area (Å²) in [4.78, 5) is 54.8. The number of benzene rings is 2. The van der Waals surface area contributed by atoms with Crippen molar-refractivity contribution in [1.29, 1.82) is 0 Å². The van der Waals surface area contributed by atoms with Crippen molar-refractivity contribution in [3.8, 4) is 0 Å². The van der Waals surface area contributed by atoms with Crippen LogP contribution in [-0.2, 0) is 38.8 Å². The highest BCUT2D eigenvalue weighted by Gasteiger charge is 2.39. The van der Waals surface area contributed by atoms with Gasteiger partial charge < -0.3 is 14.5 Å². The average molecular weight is 525 g/mol. The minimum absolute atomic E-state index is 0.126. The van der Waals surface area contributed by atoms with Crippen molar-refractivity contribution < 1.29 is 23.9 Å². The van der Waals surface area contributed by atoms with E-state index in [9.17, 15) is 19.2 Å². The van der Waals surface area contributed by atoms with Crippen molar-refractivity contribution in [2.24, 2.45) is 0 Å². The number of imide groups is 1. The van der Waals surface area contributed by atoms with E-state index in [-0.39, 0.29) is 30.7 Å². The number of amides is 4. The third kappa shape index (κ3) is 5.39. The Morgan fingerprint density at radius 2 is 1.92 bits per heavy atom. The average Bonchev–Trinajstić information content (AvgIpc) is 3.19. The van der Waals surface area contributed by atoms with Gasteiger partial charge in [-0.1, -0.05) is 29.8 Å². The number of hydrogen-bond donors (Lipinski definition) is 1. The van der Waals surface area contributed by atoms with Crippen molar-refractivity contribution in [2.75, 3.05) is 31.2 Å². The number of morpholine rings is 1. The normalized spacial score (nSPS) is 20.1. The number of nitrogens with one attached hydrogen (secondary N) is 1. The molecule has 2 fully saturated rings. The largest absolute Gasteiger partial charge is 0.379 e. The second-order valence-electron chi connectivity index (χ2n) is 9.66. The first-order chi connectivity index (χ1) is 17.8. The summed E-state index contributed by atoms with van der Waals surface area (Å²) < 4.78 is 5.41. The molecular formula is C27H29ClN4O5. The Morgan fingerprint density at radius 1 is 1.14 bits per heavy atom. The molecule has 0 spiro atoms. The van der Waals surface area contributed by atoms with Gasteiger partial charge in [0.1, 0.15) is 6.04 Å². The van der Waals surface area contributed by atoms with E-state index in [1.807, 2.05) is 30.3 Å². The molecule has 1 atom stereocenters. The summed E-state index contributed by atoms with van der Waals surface area (Å²) in [5, 5.41) is 2.92. The van der Waals surface area contributed by atoms with E-state index in [0.29, 0.717) is 42.5 Å². The maximum absolute atomic E-state index is 13.0. The van der Waals surface area contributed by atoms with Gasteiger partial charge in [0.05, 0.1) is 19.8 Å². The van der Waals surface area contributed by atoms with Crippen LogP contribution in [0.5, 0.6) is 0 Å². The van der Waals surface area contributed by atoms with Gasteiger partial charge in [-0.2, -0.15) is 0 Å². The van der Waals surface area contributed by atoms with Gasteiger partial charge in [-0.05, 0) is 41.3 Å². The zero-order chi connectivity index (χ0) is 26.1. The highest BCUT2D eigenvalue weighted by Crippen LogP contribution is 2.30. The van der Waals surface area contributed by atoms with Crippen LogP contribution >= 0.6 is 11.6 Å². The third-order valence-corrected chi connectivity index (χ3v) is 7.51. The number of carbonyl (C=O) groups is 4. The molecule has 1 N–H and O–H groups in total. The number of hydrogen-bond acceptors (Lipinski definition) is 6. The van der Waals surface area contributed by atoms with Gasteiger partial charge in [-0.15, -0.1) is 0 Å².